The molecule has 1 aliphatic carbocycles. The summed E-state index contributed by atoms with van der Waals surface area (Å²) >= 11 is 5.35. The molecule has 0 aromatic heterocycles. The lowest BCUT2D eigenvalue weighted by Crippen LogP contribution is -2.21. The van der Waals surface area contributed by atoms with Gasteiger partial charge < -0.3 is 9.47 Å². The van der Waals surface area contributed by atoms with Gasteiger partial charge in [0.15, 0.2) is 6.10 Å². The Labute approximate surface area is 182 Å². The minimum absolute atomic E-state index is 0.160. The lowest BCUT2D eigenvalue weighted by Gasteiger charge is -2.13. The number of halogens is 4. The van der Waals surface area contributed by atoms with Crippen LogP contribution in [0.5, 0.6) is 11.5 Å². The number of nitriles is 1. The Morgan fingerprint density at radius 2 is 1.81 bits per heavy atom. The van der Waals surface area contributed by atoms with Gasteiger partial charge in [0.25, 0.3) is 0 Å². The highest BCUT2D eigenvalue weighted by atomic mass is 35.5. The average Bonchev–Trinajstić information content (AvgIpc) is 3.25. The molecular weight excluding hydrogens is 431 g/mol. The molecule has 162 valence electrons. The Hall–Kier alpha value is -2.98. The van der Waals surface area contributed by atoms with Gasteiger partial charge in [0.2, 0.25) is 0 Å². The van der Waals surface area contributed by atoms with Crippen molar-refractivity contribution in [2.45, 2.75) is 26.1 Å². The van der Waals surface area contributed by atoms with Crippen LogP contribution in [0.2, 0.25) is 0 Å². The Morgan fingerprint density at radius 1 is 1.16 bits per heavy atom. The van der Waals surface area contributed by atoms with Crippen LogP contribution in [0, 0.1) is 28.6 Å². The average molecular weight is 450 g/mol. The van der Waals surface area contributed by atoms with Crippen molar-refractivity contribution >= 4 is 17.6 Å². The fraction of sp³-hybridized carbons (Fsp3) is 0.304. The highest BCUT2D eigenvalue weighted by Gasteiger charge is 2.62. The van der Waals surface area contributed by atoms with Crippen molar-refractivity contribution in [3.63, 3.8) is 0 Å². The number of hydrogen-bond acceptors (Lipinski definition) is 4. The van der Waals surface area contributed by atoms with Crippen LogP contribution in [0.3, 0.4) is 0 Å². The van der Waals surface area contributed by atoms with Crippen molar-refractivity contribution in [1.29, 1.82) is 5.26 Å². The molecule has 0 heterocycles. The van der Waals surface area contributed by atoms with Crippen molar-refractivity contribution in [3.05, 3.63) is 71.3 Å². The van der Waals surface area contributed by atoms with Gasteiger partial charge in [0.1, 0.15) is 22.6 Å². The van der Waals surface area contributed by atoms with Crippen LogP contribution >= 0.6 is 11.6 Å². The molecule has 0 bridgehead atoms. The lowest BCUT2D eigenvalue weighted by atomic mass is 10.1. The first-order valence-corrected chi connectivity index (χ1v) is 9.80. The van der Waals surface area contributed by atoms with Gasteiger partial charge >= 0.3 is 12.1 Å². The van der Waals surface area contributed by atoms with E-state index in [2.05, 4.69) is 0 Å². The highest BCUT2D eigenvalue weighted by molar-refractivity contribution is 6.30. The number of benzene rings is 2. The third-order valence-corrected chi connectivity index (χ3v) is 5.67. The standard InChI is InChI=1S/C23H19ClF3NO3/c1-22(2)17(12-19(24)23(25,26)27)20(22)18(13-28)31-21(29)14-7-6-10-16(11-14)30-15-8-4-3-5-9-15/h3-12,17-18,20H,1-2H3/b19-12-. The molecule has 0 amide bonds. The van der Waals surface area contributed by atoms with Crippen molar-refractivity contribution in [1.82, 2.24) is 0 Å². The zero-order valence-electron chi connectivity index (χ0n) is 16.7. The molecule has 2 aromatic carbocycles. The van der Waals surface area contributed by atoms with E-state index in [0.717, 1.165) is 6.08 Å². The molecular formula is C23H19ClF3NO3. The van der Waals surface area contributed by atoms with Crippen LogP contribution in [0.15, 0.2) is 65.7 Å². The maximum Gasteiger partial charge on any atom is 0.426 e. The summed E-state index contributed by atoms with van der Waals surface area (Å²) < 4.78 is 49.3. The second kappa shape index (κ2) is 8.64. The van der Waals surface area contributed by atoms with E-state index >= 15 is 0 Å². The zero-order valence-corrected chi connectivity index (χ0v) is 17.4. The topological polar surface area (TPSA) is 59.3 Å². The van der Waals surface area contributed by atoms with Gasteiger partial charge in [-0.3, -0.25) is 0 Å². The fourth-order valence-corrected chi connectivity index (χ4v) is 3.68. The molecule has 3 atom stereocenters. The maximum absolute atomic E-state index is 12.8. The molecule has 1 saturated carbocycles. The fourth-order valence-electron chi connectivity index (χ4n) is 3.54. The molecule has 0 saturated heterocycles. The summed E-state index contributed by atoms with van der Waals surface area (Å²) in [6.07, 6.45) is -5.00. The monoisotopic (exact) mass is 449 g/mol. The SMILES string of the molecule is CC1(C)C(/C=C(\Cl)C(F)(F)F)C1C(C#N)OC(=O)c1cccc(Oc2ccccc2)c1. The van der Waals surface area contributed by atoms with Crippen LogP contribution in [0.25, 0.3) is 0 Å². The summed E-state index contributed by atoms with van der Waals surface area (Å²) in [6.45, 7) is 3.40. The van der Waals surface area contributed by atoms with Crippen LogP contribution in [-0.2, 0) is 4.74 Å². The van der Waals surface area contributed by atoms with Gasteiger partial charge in [0, 0.05) is 5.92 Å². The molecule has 0 aliphatic heterocycles. The summed E-state index contributed by atoms with van der Waals surface area (Å²) in [4.78, 5) is 12.6. The third-order valence-electron chi connectivity index (χ3n) is 5.33. The van der Waals surface area contributed by atoms with E-state index in [0.29, 0.717) is 11.5 Å². The Balaban J connectivity index is 1.72. The van der Waals surface area contributed by atoms with E-state index in [4.69, 9.17) is 21.1 Å². The van der Waals surface area contributed by atoms with Crippen LogP contribution < -0.4 is 4.74 Å². The maximum atomic E-state index is 12.8. The van der Waals surface area contributed by atoms with E-state index in [1.807, 2.05) is 12.1 Å². The molecule has 0 spiro atoms. The minimum Gasteiger partial charge on any atom is -0.457 e. The van der Waals surface area contributed by atoms with E-state index < -0.39 is 40.5 Å². The quantitative estimate of drug-likeness (QED) is 0.473. The zero-order chi connectivity index (χ0) is 22.8. The number of carbonyl (C=O) groups is 1. The second-order valence-electron chi connectivity index (χ2n) is 7.78. The lowest BCUT2D eigenvalue weighted by molar-refractivity contribution is -0.0849. The molecule has 3 rings (SSSR count). The summed E-state index contributed by atoms with van der Waals surface area (Å²) in [6, 6.07) is 17.1. The summed E-state index contributed by atoms with van der Waals surface area (Å²) in [5, 5.41) is 8.25. The van der Waals surface area contributed by atoms with Gasteiger partial charge in [-0.1, -0.05) is 55.8 Å². The Bertz CT molecular complexity index is 1030. The molecule has 2 aromatic rings. The Morgan fingerprint density at radius 3 is 2.42 bits per heavy atom. The van der Waals surface area contributed by atoms with E-state index in [9.17, 15) is 23.2 Å². The normalized spacial score (nSPS) is 21.0. The van der Waals surface area contributed by atoms with Gasteiger partial charge in [0.05, 0.1) is 5.56 Å². The first kappa shape index (κ1) is 22.7. The number of alkyl halides is 3. The number of rotatable bonds is 6. The number of para-hydroxylation sites is 1. The number of allylic oxidation sites excluding steroid dienone is 2. The predicted molar refractivity (Wildman–Crippen MR) is 109 cm³/mol. The highest BCUT2D eigenvalue weighted by Crippen LogP contribution is 2.62. The molecule has 4 nitrogen and oxygen atoms in total. The number of nitrogens with zero attached hydrogens (tertiary/aromatic N) is 1. The van der Waals surface area contributed by atoms with E-state index in [1.54, 1.807) is 50.2 Å². The number of esters is 1. The number of ether oxygens (including phenoxy) is 2. The first-order valence-electron chi connectivity index (χ1n) is 9.42. The molecule has 3 unspecified atom stereocenters. The first-order chi connectivity index (χ1) is 14.5. The van der Waals surface area contributed by atoms with Crippen molar-refractivity contribution in [2.24, 2.45) is 17.3 Å². The van der Waals surface area contributed by atoms with Crippen LogP contribution in [0.1, 0.15) is 24.2 Å². The van der Waals surface area contributed by atoms with Crippen LogP contribution in [0.4, 0.5) is 13.2 Å². The second-order valence-corrected chi connectivity index (χ2v) is 8.19. The summed E-state index contributed by atoms with van der Waals surface area (Å²) in [5.74, 6) is -1.04. The summed E-state index contributed by atoms with van der Waals surface area (Å²) in [5.41, 5.74) is -0.516. The van der Waals surface area contributed by atoms with Crippen LogP contribution in [-0.4, -0.2) is 18.2 Å². The summed E-state index contributed by atoms with van der Waals surface area (Å²) in [7, 11) is 0. The van der Waals surface area contributed by atoms with Crippen molar-refractivity contribution in [3.8, 4) is 17.6 Å². The van der Waals surface area contributed by atoms with Crippen molar-refractivity contribution in [2.75, 3.05) is 0 Å². The molecule has 8 heteroatoms. The number of carbonyl (C=O) groups excluding carboxylic acids is 1. The smallest absolute Gasteiger partial charge is 0.426 e. The molecule has 1 fully saturated rings. The number of hydrogen-bond donors (Lipinski definition) is 0. The molecule has 0 radical (unpaired) electrons. The third kappa shape index (κ3) is 5.20. The van der Waals surface area contributed by atoms with Gasteiger partial charge in [-0.25, -0.2) is 4.79 Å². The van der Waals surface area contributed by atoms with E-state index in [-0.39, 0.29) is 5.56 Å². The predicted octanol–water partition coefficient (Wildman–Crippen LogP) is 6.49. The Kier molecular flexibility index (Phi) is 6.33. The van der Waals surface area contributed by atoms with Gasteiger partial charge in [-0.15, -0.1) is 0 Å². The van der Waals surface area contributed by atoms with Gasteiger partial charge in [-0.2, -0.15) is 18.4 Å². The van der Waals surface area contributed by atoms with Crippen molar-refractivity contribution < 1.29 is 27.4 Å². The molecule has 0 N–H and O–H groups in total. The largest absolute Gasteiger partial charge is 0.457 e. The van der Waals surface area contributed by atoms with E-state index in [1.165, 1.54) is 12.1 Å². The molecule has 1 aliphatic rings. The van der Waals surface area contributed by atoms with Gasteiger partial charge in [-0.05, 0) is 41.7 Å². The minimum atomic E-state index is -4.66. The molecule has 31 heavy (non-hydrogen) atoms.